The standard InChI is InChI=1S/C9H20O5.C6H14O3/c1-11-4-5-13-8-9-14-7-6-12-3-2-10;1-5(8)4-9-6(2)3-7/h10H,2-9H2,1H3;5-8H,3-4H2,1-2H3. The van der Waals surface area contributed by atoms with Crippen LogP contribution in [-0.2, 0) is 23.7 Å². The summed E-state index contributed by atoms with van der Waals surface area (Å²) in [5, 5.41) is 25.5. The summed E-state index contributed by atoms with van der Waals surface area (Å²) in [4.78, 5) is 0. The zero-order valence-electron chi connectivity index (χ0n) is 14.6. The summed E-state index contributed by atoms with van der Waals surface area (Å²) in [5.41, 5.74) is 0. The highest BCUT2D eigenvalue weighted by Crippen LogP contribution is 1.90. The Morgan fingerprint density at radius 2 is 1.26 bits per heavy atom. The molecule has 0 aromatic carbocycles. The second kappa shape index (κ2) is 21.7. The van der Waals surface area contributed by atoms with Crippen LogP contribution in [0, 0.1) is 0 Å². The van der Waals surface area contributed by atoms with Crippen molar-refractivity contribution in [1.82, 2.24) is 0 Å². The van der Waals surface area contributed by atoms with Gasteiger partial charge in [0.15, 0.2) is 0 Å². The molecule has 8 heteroatoms. The van der Waals surface area contributed by atoms with E-state index < -0.39 is 6.10 Å². The van der Waals surface area contributed by atoms with Gasteiger partial charge < -0.3 is 39.0 Å². The fraction of sp³-hybridized carbons (Fsp3) is 1.00. The molecule has 0 saturated carbocycles. The van der Waals surface area contributed by atoms with Crippen LogP contribution in [0.15, 0.2) is 0 Å². The molecule has 0 aliphatic heterocycles. The number of aliphatic hydroxyl groups is 3. The minimum Gasteiger partial charge on any atom is -0.394 e. The first kappa shape index (κ1) is 24.9. The predicted octanol–water partition coefficient (Wildman–Crippen LogP) is -0.560. The van der Waals surface area contributed by atoms with Gasteiger partial charge in [-0.25, -0.2) is 0 Å². The molecule has 0 spiro atoms. The zero-order chi connectivity index (χ0) is 17.8. The van der Waals surface area contributed by atoms with Gasteiger partial charge in [-0.2, -0.15) is 0 Å². The normalized spacial score (nSPS) is 13.3. The van der Waals surface area contributed by atoms with E-state index in [9.17, 15) is 0 Å². The van der Waals surface area contributed by atoms with Gasteiger partial charge in [-0.05, 0) is 13.8 Å². The minimum absolute atomic E-state index is 0.00667. The first-order valence-electron chi connectivity index (χ1n) is 7.82. The largest absolute Gasteiger partial charge is 0.394 e. The molecular weight excluding hydrogens is 308 g/mol. The van der Waals surface area contributed by atoms with E-state index in [-0.39, 0.29) is 19.3 Å². The van der Waals surface area contributed by atoms with E-state index in [0.29, 0.717) is 52.9 Å². The molecule has 0 rings (SSSR count). The van der Waals surface area contributed by atoms with Crippen molar-refractivity contribution in [3.05, 3.63) is 0 Å². The van der Waals surface area contributed by atoms with E-state index in [1.54, 1.807) is 21.0 Å². The zero-order valence-corrected chi connectivity index (χ0v) is 14.6. The van der Waals surface area contributed by atoms with Crippen LogP contribution >= 0.6 is 0 Å². The number of hydrogen-bond acceptors (Lipinski definition) is 8. The minimum atomic E-state index is -0.445. The van der Waals surface area contributed by atoms with Crippen LogP contribution in [0.5, 0.6) is 0 Å². The molecule has 0 aliphatic rings. The number of hydrogen-bond donors (Lipinski definition) is 3. The molecule has 0 amide bonds. The molecule has 8 nitrogen and oxygen atoms in total. The molecule has 142 valence electrons. The monoisotopic (exact) mass is 342 g/mol. The highest BCUT2D eigenvalue weighted by atomic mass is 16.6. The number of methoxy groups -OCH3 is 1. The summed E-state index contributed by atoms with van der Waals surface area (Å²) in [6.45, 7) is 7.51. The van der Waals surface area contributed by atoms with Gasteiger partial charge in [0.1, 0.15) is 0 Å². The van der Waals surface area contributed by atoms with E-state index in [1.807, 2.05) is 0 Å². The molecule has 0 bridgehead atoms. The maximum absolute atomic E-state index is 8.69. The lowest BCUT2D eigenvalue weighted by atomic mass is 10.4. The van der Waals surface area contributed by atoms with Crippen molar-refractivity contribution in [2.45, 2.75) is 26.1 Å². The van der Waals surface area contributed by atoms with Gasteiger partial charge in [0.25, 0.3) is 0 Å². The lowest BCUT2D eigenvalue weighted by Gasteiger charge is -2.10. The fourth-order valence-electron chi connectivity index (χ4n) is 1.10. The third kappa shape index (κ3) is 26.9. The van der Waals surface area contributed by atoms with Gasteiger partial charge in [-0.3, -0.25) is 0 Å². The molecule has 2 unspecified atom stereocenters. The summed E-state index contributed by atoms with van der Waals surface area (Å²) in [5.74, 6) is 0. The van der Waals surface area contributed by atoms with Crippen LogP contribution in [0.4, 0.5) is 0 Å². The van der Waals surface area contributed by atoms with E-state index in [0.717, 1.165) is 0 Å². The van der Waals surface area contributed by atoms with Crippen molar-refractivity contribution in [3.8, 4) is 0 Å². The van der Waals surface area contributed by atoms with E-state index in [4.69, 9.17) is 39.0 Å². The fourth-order valence-corrected chi connectivity index (χ4v) is 1.10. The van der Waals surface area contributed by atoms with Gasteiger partial charge in [0.05, 0.1) is 78.3 Å². The van der Waals surface area contributed by atoms with E-state index >= 15 is 0 Å². The first-order chi connectivity index (χ1) is 11.1. The first-order valence-corrected chi connectivity index (χ1v) is 7.82. The molecule has 2 atom stereocenters. The molecule has 23 heavy (non-hydrogen) atoms. The van der Waals surface area contributed by atoms with Gasteiger partial charge in [-0.15, -0.1) is 0 Å². The Morgan fingerprint density at radius 1 is 0.783 bits per heavy atom. The van der Waals surface area contributed by atoms with Crippen molar-refractivity contribution in [3.63, 3.8) is 0 Å². The Bertz CT molecular complexity index is 192. The SMILES string of the molecule is CC(O)COC(C)CO.COCCOCCOCCOCCO. The highest BCUT2D eigenvalue weighted by molar-refractivity contribution is 4.47. The highest BCUT2D eigenvalue weighted by Gasteiger charge is 2.00. The topological polar surface area (TPSA) is 107 Å². The van der Waals surface area contributed by atoms with Crippen molar-refractivity contribution in [1.29, 1.82) is 0 Å². The van der Waals surface area contributed by atoms with Crippen LogP contribution in [0.2, 0.25) is 0 Å². The lowest BCUT2D eigenvalue weighted by molar-refractivity contribution is -0.0177. The molecule has 3 N–H and O–H groups in total. The predicted molar refractivity (Wildman–Crippen MR) is 85.6 cm³/mol. The quantitative estimate of drug-likeness (QED) is 0.340. The molecule has 0 aromatic rings. The second-order valence-corrected chi connectivity index (χ2v) is 4.73. The Morgan fingerprint density at radius 3 is 1.65 bits per heavy atom. The molecular formula is C15H34O8. The molecule has 0 radical (unpaired) electrons. The third-order valence-corrected chi connectivity index (χ3v) is 2.29. The average molecular weight is 342 g/mol. The van der Waals surface area contributed by atoms with Crippen LogP contribution in [-0.4, -0.2) is 101 Å². The van der Waals surface area contributed by atoms with Gasteiger partial charge in [0, 0.05) is 7.11 Å². The van der Waals surface area contributed by atoms with Crippen LogP contribution in [0.25, 0.3) is 0 Å². The summed E-state index contributed by atoms with van der Waals surface area (Å²) >= 11 is 0. The molecule has 0 saturated heterocycles. The van der Waals surface area contributed by atoms with Gasteiger partial charge >= 0.3 is 0 Å². The third-order valence-electron chi connectivity index (χ3n) is 2.29. The summed E-state index contributed by atoms with van der Waals surface area (Å²) in [6, 6.07) is 0. The van der Waals surface area contributed by atoms with Gasteiger partial charge in [-0.1, -0.05) is 0 Å². The van der Waals surface area contributed by atoms with E-state index in [2.05, 4.69) is 0 Å². The Balaban J connectivity index is 0. The van der Waals surface area contributed by atoms with E-state index in [1.165, 1.54) is 0 Å². The lowest BCUT2D eigenvalue weighted by Crippen LogP contribution is -2.19. The summed E-state index contributed by atoms with van der Waals surface area (Å²) in [6.07, 6.45) is -0.612. The number of rotatable bonds is 15. The van der Waals surface area contributed by atoms with Crippen molar-refractivity contribution >= 4 is 0 Å². The molecule has 0 fully saturated rings. The summed E-state index contributed by atoms with van der Waals surface area (Å²) in [7, 11) is 1.64. The van der Waals surface area contributed by atoms with Crippen LogP contribution < -0.4 is 0 Å². The van der Waals surface area contributed by atoms with Gasteiger partial charge in [0.2, 0.25) is 0 Å². The van der Waals surface area contributed by atoms with Crippen molar-refractivity contribution in [2.75, 3.05) is 73.2 Å². The average Bonchev–Trinajstić information content (AvgIpc) is 2.55. The summed E-state index contributed by atoms with van der Waals surface area (Å²) < 4.78 is 25.1. The van der Waals surface area contributed by atoms with Crippen molar-refractivity contribution < 1.29 is 39.0 Å². The second-order valence-electron chi connectivity index (χ2n) is 4.73. The molecule has 0 aliphatic carbocycles. The van der Waals surface area contributed by atoms with Crippen molar-refractivity contribution in [2.24, 2.45) is 0 Å². The smallest absolute Gasteiger partial charge is 0.0779 e. The molecule has 0 heterocycles. The maximum Gasteiger partial charge on any atom is 0.0779 e. The Kier molecular flexibility index (Phi) is 23.5. The van der Waals surface area contributed by atoms with Crippen LogP contribution in [0.1, 0.15) is 13.8 Å². The number of ether oxygens (including phenoxy) is 5. The Labute approximate surface area is 139 Å². The van der Waals surface area contributed by atoms with Crippen LogP contribution in [0.3, 0.4) is 0 Å². The Hall–Kier alpha value is -0.320. The number of aliphatic hydroxyl groups excluding tert-OH is 3. The maximum atomic E-state index is 8.69. The molecule has 0 aromatic heterocycles.